The third kappa shape index (κ3) is 1.91. The molecule has 2 N–H and O–H groups in total. The second-order valence-corrected chi connectivity index (χ2v) is 5.29. The highest BCUT2D eigenvalue weighted by molar-refractivity contribution is 5.82. The molecular weight excluding hydrogens is 246 g/mol. The van der Waals surface area contributed by atoms with Crippen LogP contribution in [-0.2, 0) is 13.6 Å². The third-order valence-corrected chi connectivity index (χ3v) is 3.89. The first-order valence-corrected chi connectivity index (χ1v) is 6.84. The number of nitrogens with two attached hydrogens (primary N) is 1. The van der Waals surface area contributed by atoms with Crippen molar-refractivity contribution in [2.75, 3.05) is 0 Å². The summed E-state index contributed by atoms with van der Waals surface area (Å²) in [6.07, 6.45) is 0. The molecule has 0 saturated heterocycles. The van der Waals surface area contributed by atoms with E-state index < -0.39 is 0 Å². The van der Waals surface area contributed by atoms with Gasteiger partial charge in [0.05, 0.1) is 11.0 Å². The predicted molar refractivity (Wildman–Crippen MR) is 83.5 cm³/mol. The minimum absolute atomic E-state index is 0.547. The van der Waals surface area contributed by atoms with Crippen molar-refractivity contribution in [3.05, 3.63) is 53.1 Å². The van der Waals surface area contributed by atoms with Gasteiger partial charge >= 0.3 is 0 Å². The summed E-state index contributed by atoms with van der Waals surface area (Å²) in [5, 5.41) is 0. The Morgan fingerprint density at radius 2 is 1.80 bits per heavy atom. The van der Waals surface area contributed by atoms with Gasteiger partial charge in [0.25, 0.3) is 0 Å². The van der Waals surface area contributed by atoms with E-state index in [1.165, 1.54) is 16.7 Å². The largest absolute Gasteiger partial charge is 0.327 e. The third-order valence-electron chi connectivity index (χ3n) is 3.89. The Balaban J connectivity index is 2.29. The number of aryl methyl sites for hydroxylation is 3. The van der Waals surface area contributed by atoms with Crippen molar-refractivity contribution in [2.24, 2.45) is 12.8 Å². The number of imidazole rings is 1. The second kappa shape index (κ2) is 4.76. The van der Waals surface area contributed by atoms with Crippen LogP contribution < -0.4 is 5.73 Å². The SMILES string of the molecule is Cc1cccc(C)c1-c1nc2cc(CN)ccc2n1C. The van der Waals surface area contributed by atoms with Crippen molar-refractivity contribution in [1.82, 2.24) is 9.55 Å². The minimum Gasteiger partial charge on any atom is -0.327 e. The first kappa shape index (κ1) is 12.9. The molecule has 3 rings (SSSR count). The number of hydrogen-bond donors (Lipinski definition) is 1. The second-order valence-electron chi connectivity index (χ2n) is 5.29. The quantitative estimate of drug-likeness (QED) is 0.772. The van der Waals surface area contributed by atoms with Crippen LogP contribution in [0.3, 0.4) is 0 Å². The first-order chi connectivity index (χ1) is 9.61. The Bertz CT molecular complexity index is 764. The summed E-state index contributed by atoms with van der Waals surface area (Å²) in [6, 6.07) is 12.6. The van der Waals surface area contributed by atoms with Gasteiger partial charge in [0, 0.05) is 19.2 Å². The summed E-state index contributed by atoms with van der Waals surface area (Å²) in [6.45, 7) is 4.81. The fourth-order valence-corrected chi connectivity index (χ4v) is 2.76. The van der Waals surface area contributed by atoms with Crippen molar-refractivity contribution in [3.63, 3.8) is 0 Å². The van der Waals surface area contributed by atoms with Gasteiger partial charge in [-0.1, -0.05) is 24.3 Å². The molecule has 0 aliphatic carbocycles. The molecule has 0 bridgehead atoms. The van der Waals surface area contributed by atoms with Crippen molar-refractivity contribution < 1.29 is 0 Å². The maximum Gasteiger partial charge on any atom is 0.141 e. The van der Waals surface area contributed by atoms with Crippen LogP contribution in [0.2, 0.25) is 0 Å². The number of hydrogen-bond acceptors (Lipinski definition) is 2. The summed E-state index contributed by atoms with van der Waals surface area (Å²) in [4.78, 5) is 4.82. The van der Waals surface area contributed by atoms with Crippen molar-refractivity contribution in [1.29, 1.82) is 0 Å². The van der Waals surface area contributed by atoms with Gasteiger partial charge in [-0.15, -0.1) is 0 Å². The van der Waals surface area contributed by atoms with Gasteiger partial charge < -0.3 is 10.3 Å². The number of rotatable bonds is 2. The highest BCUT2D eigenvalue weighted by Crippen LogP contribution is 2.29. The van der Waals surface area contributed by atoms with E-state index in [4.69, 9.17) is 10.7 Å². The van der Waals surface area contributed by atoms with E-state index in [0.29, 0.717) is 6.54 Å². The molecule has 102 valence electrons. The van der Waals surface area contributed by atoms with E-state index in [1.807, 2.05) is 0 Å². The molecule has 0 aliphatic rings. The zero-order valence-corrected chi connectivity index (χ0v) is 12.1. The van der Waals surface area contributed by atoms with Gasteiger partial charge in [-0.25, -0.2) is 4.98 Å². The summed E-state index contributed by atoms with van der Waals surface area (Å²) < 4.78 is 2.16. The summed E-state index contributed by atoms with van der Waals surface area (Å²) in [5.41, 5.74) is 12.7. The monoisotopic (exact) mass is 265 g/mol. The number of fused-ring (bicyclic) bond motifs is 1. The molecule has 2 aromatic carbocycles. The van der Waals surface area contributed by atoms with Gasteiger partial charge in [-0.2, -0.15) is 0 Å². The number of nitrogens with zero attached hydrogens (tertiary/aromatic N) is 2. The van der Waals surface area contributed by atoms with E-state index >= 15 is 0 Å². The molecule has 3 nitrogen and oxygen atoms in total. The van der Waals surface area contributed by atoms with Gasteiger partial charge in [0.1, 0.15) is 5.82 Å². The van der Waals surface area contributed by atoms with Crippen LogP contribution in [0.15, 0.2) is 36.4 Å². The maximum atomic E-state index is 5.71. The molecule has 0 saturated carbocycles. The minimum atomic E-state index is 0.547. The summed E-state index contributed by atoms with van der Waals surface area (Å²) in [5.74, 6) is 1.02. The average Bonchev–Trinajstić information content (AvgIpc) is 2.75. The van der Waals surface area contributed by atoms with E-state index in [1.54, 1.807) is 0 Å². The molecule has 0 aliphatic heterocycles. The number of aromatic nitrogens is 2. The molecule has 20 heavy (non-hydrogen) atoms. The van der Waals surface area contributed by atoms with Crippen LogP contribution in [-0.4, -0.2) is 9.55 Å². The maximum absolute atomic E-state index is 5.71. The van der Waals surface area contributed by atoms with Gasteiger partial charge in [-0.05, 0) is 42.7 Å². The Labute approximate surface area is 119 Å². The Morgan fingerprint density at radius 3 is 2.45 bits per heavy atom. The number of benzene rings is 2. The van der Waals surface area contributed by atoms with E-state index in [0.717, 1.165) is 22.4 Å². The van der Waals surface area contributed by atoms with Crippen LogP contribution in [0.25, 0.3) is 22.4 Å². The van der Waals surface area contributed by atoms with Crippen LogP contribution in [0.4, 0.5) is 0 Å². The van der Waals surface area contributed by atoms with Crippen LogP contribution >= 0.6 is 0 Å². The van der Waals surface area contributed by atoms with Crippen molar-refractivity contribution in [2.45, 2.75) is 20.4 Å². The normalized spacial score (nSPS) is 11.2. The topological polar surface area (TPSA) is 43.8 Å². The molecule has 0 unspecified atom stereocenters. The Hall–Kier alpha value is -2.13. The predicted octanol–water partition coefficient (Wildman–Crippen LogP) is 3.32. The molecule has 0 amide bonds. The Kier molecular flexibility index (Phi) is 3.07. The van der Waals surface area contributed by atoms with E-state index in [-0.39, 0.29) is 0 Å². The highest BCUT2D eigenvalue weighted by Gasteiger charge is 2.13. The standard InChI is InChI=1S/C17H19N3/c1-11-5-4-6-12(2)16(11)17-19-14-9-13(10-18)7-8-15(14)20(17)3/h4-9H,10,18H2,1-3H3. The van der Waals surface area contributed by atoms with Crippen molar-refractivity contribution in [3.8, 4) is 11.4 Å². The molecule has 3 heteroatoms. The van der Waals surface area contributed by atoms with Gasteiger partial charge in [0.2, 0.25) is 0 Å². The fraction of sp³-hybridized carbons (Fsp3) is 0.235. The van der Waals surface area contributed by atoms with Crippen molar-refractivity contribution >= 4 is 11.0 Å². The lowest BCUT2D eigenvalue weighted by molar-refractivity contribution is 0.955. The average molecular weight is 265 g/mol. The molecule has 3 aromatic rings. The van der Waals surface area contributed by atoms with Crippen LogP contribution in [0.1, 0.15) is 16.7 Å². The van der Waals surface area contributed by atoms with Gasteiger partial charge in [-0.3, -0.25) is 0 Å². The smallest absolute Gasteiger partial charge is 0.141 e. The lowest BCUT2D eigenvalue weighted by atomic mass is 10.0. The zero-order chi connectivity index (χ0) is 14.3. The van der Waals surface area contributed by atoms with Crippen LogP contribution in [0, 0.1) is 13.8 Å². The lowest BCUT2D eigenvalue weighted by Gasteiger charge is -2.09. The molecule has 0 spiro atoms. The van der Waals surface area contributed by atoms with E-state index in [9.17, 15) is 0 Å². The molecule has 0 atom stereocenters. The molecule has 1 aromatic heterocycles. The fourth-order valence-electron chi connectivity index (χ4n) is 2.76. The van der Waals surface area contributed by atoms with E-state index in [2.05, 4.69) is 61.9 Å². The molecule has 1 heterocycles. The van der Waals surface area contributed by atoms with Crippen LogP contribution in [0.5, 0.6) is 0 Å². The Morgan fingerprint density at radius 1 is 1.10 bits per heavy atom. The highest BCUT2D eigenvalue weighted by atomic mass is 15.1. The summed E-state index contributed by atoms with van der Waals surface area (Å²) in [7, 11) is 2.07. The molecule has 0 fully saturated rings. The molecular formula is C17H19N3. The first-order valence-electron chi connectivity index (χ1n) is 6.84. The van der Waals surface area contributed by atoms with Gasteiger partial charge in [0.15, 0.2) is 0 Å². The lowest BCUT2D eigenvalue weighted by Crippen LogP contribution is -1.97. The summed E-state index contributed by atoms with van der Waals surface area (Å²) >= 11 is 0. The molecule has 0 radical (unpaired) electrons. The zero-order valence-electron chi connectivity index (χ0n) is 12.1.